The Labute approximate surface area is 223 Å². The number of thioether (sulfide) groups is 1. The summed E-state index contributed by atoms with van der Waals surface area (Å²) >= 11 is 0.886. The van der Waals surface area contributed by atoms with Crippen LogP contribution in [0.3, 0.4) is 0 Å². The molecule has 10 nitrogen and oxygen atoms in total. The number of carbonyl (C=O) groups is 2. The van der Waals surface area contributed by atoms with Gasteiger partial charge >= 0.3 is 0 Å². The second kappa shape index (κ2) is 10.8. The molecule has 0 spiro atoms. The molecule has 2 fully saturated rings. The van der Waals surface area contributed by atoms with Crippen molar-refractivity contribution < 1.29 is 19.1 Å². The number of nitrogens with zero attached hydrogens (tertiary/aromatic N) is 4. The summed E-state index contributed by atoms with van der Waals surface area (Å²) in [6, 6.07) is 13.7. The SMILES string of the molecule is O=C1NC(=O)/C(=C\c2ccnc(N3CCC(CNCc4cccc(-c5ccc6c(c5)OCO6)n4)CC3)n2)S1. The maximum Gasteiger partial charge on any atom is 0.290 e. The molecule has 1 aromatic carbocycles. The number of pyridine rings is 1. The molecule has 38 heavy (non-hydrogen) atoms. The van der Waals surface area contributed by atoms with Crippen LogP contribution >= 0.6 is 11.8 Å². The second-order valence-electron chi connectivity index (χ2n) is 9.28. The third-order valence-corrected chi connectivity index (χ3v) is 7.51. The number of benzene rings is 1. The molecule has 6 rings (SSSR count). The van der Waals surface area contributed by atoms with Gasteiger partial charge in [-0.25, -0.2) is 9.97 Å². The lowest BCUT2D eigenvalue weighted by Crippen LogP contribution is -2.38. The standard InChI is InChI=1S/C27H26N6O4S/c34-25-24(38-27(35)32-25)13-19-6-9-29-26(31-19)33-10-7-17(8-11-33)14-28-15-20-2-1-3-21(30-20)18-4-5-22-23(12-18)37-16-36-22/h1-6,9,12-13,17,28H,7-8,10-11,14-16H2,(H,32,34,35)/b24-13+. The van der Waals surface area contributed by atoms with Crippen molar-refractivity contribution in [3.8, 4) is 22.8 Å². The molecule has 0 unspecified atom stereocenters. The van der Waals surface area contributed by atoms with Crippen molar-refractivity contribution in [2.45, 2.75) is 19.4 Å². The van der Waals surface area contributed by atoms with Crippen LogP contribution in [-0.2, 0) is 11.3 Å². The molecule has 2 aromatic heterocycles. The van der Waals surface area contributed by atoms with E-state index in [9.17, 15) is 9.59 Å². The predicted molar refractivity (Wildman–Crippen MR) is 144 cm³/mol. The Bertz CT molecular complexity index is 1410. The van der Waals surface area contributed by atoms with E-state index in [1.54, 1.807) is 18.3 Å². The third-order valence-electron chi connectivity index (χ3n) is 6.70. The number of rotatable bonds is 7. The van der Waals surface area contributed by atoms with Crippen LogP contribution < -0.4 is 25.0 Å². The second-order valence-corrected chi connectivity index (χ2v) is 10.3. The average Bonchev–Trinajstić information content (AvgIpc) is 3.54. The van der Waals surface area contributed by atoms with Gasteiger partial charge in [0.05, 0.1) is 22.0 Å². The van der Waals surface area contributed by atoms with E-state index in [0.29, 0.717) is 29.0 Å². The number of carbonyl (C=O) groups excluding carboxylic acids is 2. The van der Waals surface area contributed by atoms with Gasteiger partial charge in [0.25, 0.3) is 11.1 Å². The molecule has 2 saturated heterocycles. The Kier molecular flexibility index (Phi) is 6.93. The van der Waals surface area contributed by atoms with Gasteiger partial charge in [0, 0.05) is 31.4 Å². The van der Waals surface area contributed by atoms with Gasteiger partial charge in [0.1, 0.15) is 0 Å². The van der Waals surface area contributed by atoms with E-state index in [1.165, 1.54) is 0 Å². The molecule has 11 heteroatoms. The summed E-state index contributed by atoms with van der Waals surface area (Å²) in [6.45, 7) is 3.59. The van der Waals surface area contributed by atoms with E-state index in [1.807, 2.05) is 36.4 Å². The van der Waals surface area contributed by atoms with E-state index >= 15 is 0 Å². The Morgan fingerprint density at radius 2 is 1.95 bits per heavy atom. The van der Waals surface area contributed by atoms with Gasteiger partial charge in [0.2, 0.25) is 12.7 Å². The molecular weight excluding hydrogens is 504 g/mol. The number of nitrogens with one attached hydrogen (secondary N) is 2. The van der Waals surface area contributed by atoms with Crippen LogP contribution in [0.5, 0.6) is 11.5 Å². The maximum atomic E-state index is 11.8. The number of anilines is 1. The van der Waals surface area contributed by atoms with Crippen molar-refractivity contribution >= 4 is 34.9 Å². The van der Waals surface area contributed by atoms with Gasteiger partial charge in [0.15, 0.2) is 11.5 Å². The normalized spacial score (nSPS) is 18.3. The summed E-state index contributed by atoms with van der Waals surface area (Å²) in [4.78, 5) is 39.6. The average molecular weight is 531 g/mol. The number of amides is 2. The molecule has 2 N–H and O–H groups in total. The quantitative estimate of drug-likeness (QED) is 0.439. The number of aromatic nitrogens is 3. The molecule has 3 aliphatic heterocycles. The van der Waals surface area contributed by atoms with Crippen LogP contribution in [0.25, 0.3) is 17.3 Å². The highest BCUT2D eigenvalue weighted by atomic mass is 32.2. The van der Waals surface area contributed by atoms with Crippen molar-refractivity contribution in [1.82, 2.24) is 25.6 Å². The first-order chi connectivity index (χ1) is 18.6. The summed E-state index contributed by atoms with van der Waals surface area (Å²) in [5.41, 5.74) is 3.52. The third kappa shape index (κ3) is 5.48. The molecule has 5 heterocycles. The van der Waals surface area contributed by atoms with E-state index in [-0.39, 0.29) is 17.9 Å². The largest absolute Gasteiger partial charge is 0.454 e. The highest BCUT2D eigenvalue weighted by Crippen LogP contribution is 2.35. The van der Waals surface area contributed by atoms with E-state index < -0.39 is 0 Å². The topological polar surface area (TPSA) is 119 Å². The fourth-order valence-corrected chi connectivity index (χ4v) is 5.35. The predicted octanol–water partition coefficient (Wildman–Crippen LogP) is 3.60. The van der Waals surface area contributed by atoms with E-state index in [0.717, 1.165) is 72.7 Å². The fourth-order valence-electron chi connectivity index (χ4n) is 4.69. The first-order valence-corrected chi connectivity index (χ1v) is 13.3. The lowest BCUT2D eigenvalue weighted by atomic mass is 9.97. The number of hydrogen-bond donors (Lipinski definition) is 2. The van der Waals surface area contributed by atoms with Crippen LogP contribution in [0.1, 0.15) is 24.2 Å². The maximum absolute atomic E-state index is 11.8. The molecule has 0 saturated carbocycles. The highest BCUT2D eigenvalue weighted by Gasteiger charge is 2.26. The Hall–Kier alpha value is -3.96. The molecule has 0 atom stereocenters. The molecular formula is C27H26N6O4S. The Morgan fingerprint density at radius 1 is 1.08 bits per heavy atom. The van der Waals surface area contributed by atoms with Gasteiger partial charge in [-0.15, -0.1) is 0 Å². The fraction of sp³-hybridized carbons (Fsp3) is 0.296. The summed E-state index contributed by atoms with van der Waals surface area (Å²) in [7, 11) is 0. The van der Waals surface area contributed by atoms with Gasteiger partial charge in [-0.2, -0.15) is 0 Å². The summed E-state index contributed by atoms with van der Waals surface area (Å²) in [5, 5.41) is 5.47. The minimum Gasteiger partial charge on any atom is -0.454 e. The van der Waals surface area contributed by atoms with E-state index in [2.05, 4.69) is 25.5 Å². The van der Waals surface area contributed by atoms with Crippen molar-refractivity contribution in [1.29, 1.82) is 0 Å². The van der Waals surface area contributed by atoms with Crippen molar-refractivity contribution in [2.24, 2.45) is 5.92 Å². The van der Waals surface area contributed by atoms with Gasteiger partial charge in [-0.3, -0.25) is 19.9 Å². The number of imide groups is 1. The number of fused-ring (bicyclic) bond motifs is 1. The highest BCUT2D eigenvalue weighted by molar-refractivity contribution is 8.18. The number of piperidine rings is 1. The van der Waals surface area contributed by atoms with Gasteiger partial charge < -0.3 is 19.7 Å². The molecule has 3 aliphatic rings. The molecule has 0 bridgehead atoms. The monoisotopic (exact) mass is 530 g/mol. The van der Waals surface area contributed by atoms with Crippen LogP contribution in [-0.4, -0.2) is 52.5 Å². The zero-order valence-electron chi connectivity index (χ0n) is 20.6. The van der Waals surface area contributed by atoms with Crippen molar-refractivity contribution in [3.63, 3.8) is 0 Å². The lowest BCUT2D eigenvalue weighted by Gasteiger charge is -2.32. The summed E-state index contributed by atoms with van der Waals surface area (Å²) < 4.78 is 10.9. The number of ether oxygens (including phenoxy) is 2. The minimum atomic E-state index is -0.386. The Morgan fingerprint density at radius 3 is 2.79 bits per heavy atom. The lowest BCUT2D eigenvalue weighted by molar-refractivity contribution is -0.115. The van der Waals surface area contributed by atoms with Gasteiger partial charge in [-0.1, -0.05) is 6.07 Å². The van der Waals surface area contributed by atoms with Crippen LogP contribution in [0, 0.1) is 5.92 Å². The molecule has 2 amide bonds. The first-order valence-electron chi connectivity index (χ1n) is 12.5. The smallest absolute Gasteiger partial charge is 0.290 e. The summed E-state index contributed by atoms with van der Waals surface area (Å²) in [6.07, 6.45) is 5.37. The molecule has 194 valence electrons. The minimum absolute atomic E-state index is 0.259. The Balaban J connectivity index is 0.998. The van der Waals surface area contributed by atoms with Gasteiger partial charge in [-0.05, 0) is 79.5 Å². The van der Waals surface area contributed by atoms with Crippen molar-refractivity contribution in [2.75, 3.05) is 31.3 Å². The molecule has 3 aromatic rings. The van der Waals surface area contributed by atoms with Crippen molar-refractivity contribution in [3.05, 3.63) is 65.0 Å². The first kappa shape index (κ1) is 24.4. The summed E-state index contributed by atoms with van der Waals surface area (Å²) in [5.74, 6) is 2.33. The zero-order chi connectivity index (χ0) is 25.9. The molecule has 0 radical (unpaired) electrons. The van der Waals surface area contributed by atoms with Crippen LogP contribution in [0.4, 0.5) is 10.7 Å². The van der Waals surface area contributed by atoms with E-state index in [4.69, 9.17) is 14.5 Å². The molecule has 0 aliphatic carbocycles. The van der Waals surface area contributed by atoms with Crippen LogP contribution in [0.15, 0.2) is 53.6 Å². The van der Waals surface area contributed by atoms with Crippen LogP contribution in [0.2, 0.25) is 0 Å². The number of hydrogen-bond acceptors (Lipinski definition) is 10. The zero-order valence-corrected chi connectivity index (χ0v) is 21.4.